The van der Waals surface area contributed by atoms with Gasteiger partial charge in [-0.25, -0.2) is 4.79 Å². The molecule has 0 radical (unpaired) electrons. The van der Waals surface area contributed by atoms with Gasteiger partial charge in [-0.2, -0.15) is 0 Å². The Bertz CT molecular complexity index is 437. The van der Waals surface area contributed by atoms with Crippen LogP contribution < -0.4 is 9.47 Å². The third-order valence-electron chi connectivity index (χ3n) is 2.39. The van der Waals surface area contributed by atoms with Crippen LogP contribution in [-0.2, 0) is 9.53 Å². The molecular formula is C12H12O4. The number of hydrogen-bond donors (Lipinski definition) is 0. The summed E-state index contributed by atoms with van der Waals surface area (Å²) in [6.07, 6.45) is 2.80. The van der Waals surface area contributed by atoms with Crippen molar-refractivity contribution in [2.45, 2.75) is 6.10 Å². The normalized spacial score (nSPS) is 18.4. The summed E-state index contributed by atoms with van der Waals surface area (Å²) in [5.74, 6) is 0.954. The van der Waals surface area contributed by atoms with Gasteiger partial charge in [0.25, 0.3) is 0 Å². The Kier molecular flexibility index (Phi) is 2.81. The second-order valence-corrected chi connectivity index (χ2v) is 3.33. The molecule has 1 aliphatic rings. The zero-order valence-corrected chi connectivity index (χ0v) is 9.10. The molecule has 4 nitrogen and oxygen atoms in total. The van der Waals surface area contributed by atoms with Crippen molar-refractivity contribution >= 4 is 5.97 Å². The van der Waals surface area contributed by atoms with E-state index in [9.17, 15) is 4.79 Å². The van der Waals surface area contributed by atoms with Crippen LogP contribution in [0.3, 0.4) is 0 Å². The number of esters is 1. The quantitative estimate of drug-likeness (QED) is 0.729. The minimum absolute atomic E-state index is 0.320. The molecule has 0 N–H and O–H groups in total. The summed E-state index contributed by atoms with van der Waals surface area (Å²) in [7, 11) is 3.14. The van der Waals surface area contributed by atoms with Crippen LogP contribution in [0.15, 0.2) is 30.4 Å². The van der Waals surface area contributed by atoms with Crippen LogP contribution in [0.4, 0.5) is 0 Å². The van der Waals surface area contributed by atoms with Crippen LogP contribution in [0.1, 0.15) is 11.7 Å². The largest absolute Gasteiger partial charge is 0.493 e. The van der Waals surface area contributed by atoms with Gasteiger partial charge >= 0.3 is 5.97 Å². The molecule has 0 bridgehead atoms. The number of rotatable bonds is 3. The second-order valence-electron chi connectivity index (χ2n) is 3.33. The molecule has 2 rings (SSSR count). The Balaban J connectivity index is 2.29. The Labute approximate surface area is 93.4 Å². The molecule has 0 aromatic heterocycles. The highest BCUT2D eigenvalue weighted by Gasteiger charge is 2.19. The minimum Gasteiger partial charge on any atom is -0.493 e. The van der Waals surface area contributed by atoms with Crippen molar-refractivity contribution in [2.24, 2.45) is 0 Å². The van der Waals surface area contributed by atoms with Gasteiger partial charge in [0.2, 0.25) is 0 Å². The first-order chi connectivity index (χ1) is 7.74. The molecular weight excluding hydrogens is 208 g/mol. The van der Waals surface area contributed by atoms with E-state index in [1.165, 1.54) is 6.08 Å². The monoisotopic (exact) mass is 220 g/mol. The maximum Gasteiger partial charge on any atom is 0.331 e. The van der Waals surface area contributed by atoms with Gasteiger partial charge in [0.15, 0.2) is 11.5 Å². The fraction of sp³-hybridized carbons (Fsp3) is 0.250. The molecule has 84 valence electrons. The summed E-state index contributed by atoms with van der Waals surface area (Å²) in [6, 6.07) is 5.43. The smallest absolute Gasteiger partial charge is 0.331 e. The van der Waals surface area contributed by atoms with E-state index in [0.717, 1.165) is 5.56 Å². The van der Waals surface area contributed by atoms with E-state index in [-0.39, 0.29) is 12.1 Å². The summed E-state index contributed by atoms with van der Waals surface area (Å²) < 4.78 is 15.4. The van der Waals surface area contributed by atoms with Crippen molar-refractivity contribution in [3.63, 3.8) is 0 Å². The minimum atomic E-state index is -0.327. The van der Waals surface area contributed by atoms with Gasteiger partial charge in [0, 0.05) is 11.6 Å². The fourth-order valence-electron chi connectivity index (χ4n) is 1.58. The predicted molar refractivity (Wildman–Crippen MR) is 57.5 cm³/mol. The van der Waals surface area contributed by atoms with E-state index in [2.05, 4.69) is 0 Å². The fourth-order valence-corrected chi connectivity index (χ4v) is 1.58. The van der Waals surface area contributed by atoms with Gasteiger partial charge in [-0.15, -0.1) is 0 Å². The molecule has 1 atom stereocenters. The van der Waals surface area contributed by atoms with Gasteiger partial charge in [-0.05, 0) is 18.2 Å². The van der Waals surface area contributed by atoms with Gasteiger partial charge in [0.05, 0.1) is 14.2 Å². The van der Waals surface area contributed by atoms with Crippen molar-refractivity contribution in [2.75, 3.05) is 14.2 Å². The van der Waals surface area contributed by atoms with Crippen molar-refractivity contribution in [1.29, 1.82) is 0 Å². The van der Waals surface area contributed by atoms with Crippen LogP contribution in [-0.4, -0.2) is 20.2 Å². The van der Waals surface area contributed by atoms with E-state index in [4.69, 9.17) is 14.2 Å². The lowest BCUT2D eigenvalue weighted by atomic mass is 10.1. The number of hydrogen-bond acceptors (Lipinski definition) is 4. The van der Waals surface area contributed by atoms with Gasteiger partial charge in [0.1, 0.15) is 6.10 Å². The van der Waals surface area contributed by atoms with Gasteiger partial charge in [-0.3, -0.25) is 0 Å². The SMILES string of the molecule is COc1ccc(C2C=CC(=O)O2)cc1OC. The van der Waals surface area contributed by atoms with E-state index < -0.39 is 0 Å². The van der Waals surface area contributed by atoms with Crippen molar-refractivity contribution < 1.29 is 19.0 Å². The highest BCUT2D eigenvalue weighted by Crippen LogP contribution is 2.32. The van der Waals surface area contributed by atoms with Crippen LogP contribution >= 0.6 is 0 Å². The molecule has 0 aliphatic carbocycles. The lowest BCUT2D eigenvalue weighted by Gasteiger charge is -2.12. The van der Waals surface area contributed by atoms with Gasteiger partial charge < -0.3 is 14.2 Å². The molecule has 1 heterocycles. The molecule has 16 heavy (non-hydrogen) atoms. The topological polar surface area (TPSA) is 44.8 Å². The Hall–Kier alpha value is -1.97. The van der Waals surface area contributed by atoms with E-state index in [0.29, 0.717) is 11.5 Å². The van der Waals surface area contributed by atoms with E-state index in [1.54, 1.807) is 32.4 Å². The first-order valence-electron chi connectivity index (χ1n) is 4.85. The predicted octanol–water partition coefficient (Wildman–Crippen LogP) is 1.86. The van der Waals surface area contributed by atoms with Crippen LogP contribution in [0.5, 0.6) is 11.5 Å². The van der Waals surface area contributed by atoms with Crippen LogP contribution in [0, 0.1) is 0 Å². The summed E-state index contributed by atoms with van der Waals surface area (Å²) in [5.41, 5.74) is 0.861. The molecule has 0 fully saturated rings. The molecule has 0 amide bonds. The van der Waals surface area contributed by atoms with Crippen molar-refractivity contribution in [3.05, 3.63) is 35.9 Å². The lowest BCUT2D eigenvalue weighted by molar-refractivity contribution is -0.138. The Morgan fingerprint density at radius 3 is 2.50 bits per heavy atom. The first kappa shape index (κ1) is 10.5. The molecule has 1 aromatic rings. The average Bonchev–Trinajstić information content (AvgIpc) is 2.75. The number of cyclic esters (lactones) is 1. The maximum atomic E-state index is 10.9. The average molecular weight is 220 g/mol. The third kappa shape index (κ3) is 1.86. The number of carbonyl (C=O) groups excluding carboxylic acids is 1. The van der Waals surface area contributed by atoms with E-state index >= 15 is 0 Å². The number of ether oxygens (including phenoxy) is 3. The zero-order valence-electron chi connectivity index (χ0n) is 9.10. The molecule has 4 heteroatoms. The van der Waals surface area contributed by atoms with Crippen molar-refractivity contribution in [1.82, 2.24) is 0 Å². The zero-order chi connectivity index (χ0) is 11.5. The summed E-state index contributed by atoms with van der Waals surface area (Å²) >= 11 is 0. The maximum absolute atomic E-state index is 10.9. The molecule has 1 unspecified atom stereocenters. The second kappa shape index (κ2) is 4.26. The number of benzene rings is 1. The lowest BCUT2D eigenvalue weighted by Crippen LogP contribution is -2.00. The van der Waals surface area contributed by atoms with Crippen LogP contribution in [0.25, 0.3) is 0 Å². The molecule has 0 saturated carbocycles. The highest BCUT2D eigenvalue weighted by molar-refractivity contribution is 5.84. The Morgan fingerprint density at radius 1 is 1.19 bits per heavy atom. The summed E-state index contributed by atoms with van der Waals surface area (Å²) in [6.45, 7) is 0. The van der Waals surface area contributed by atoms with Crippen molar-refractivity contribution in [3.8, 4) is 11.5 Å². The standard InChI is InChI=1S/C12H12O4/c1-14-10-4-3-8(7-11(10)15-2)9-5-6-12(13)16-9/h3-7,9H,1-2H3. The van der Waals surface area contributed by atoms with Gasteiger partial charge in [-0.1, -0.05) is 6.07 Å². The molecule has 1 aromatic carbocycles. The molecule has 0 spiro atoms. The third-order valence-corrected chi connectivity index (χ3v) is 2.39. The molecule has 1 aliphatic heterocycles. The van der Waals surface area contributed by atoms with Crippen LogP contribution in [0.2, 0.25) is 0 Å². The highest BCUT2D eigenvalue weighted by atomic mass is 16.5. The summed E-state index contributed by atoms with van der Waals surface area (Å²) in [4.78, 5) is 10.9. The number of carbonyl (C=O) groups is 1. The summed E-state index contributed by atoms with van der Waals surface area (Å²) in [5, 5.41) is 0. The first-order valence-corrected chi connectivity index (χ1v) is 4.85. The molecule has 0 saturated heterocycles. The van der Waals surface area contributed by atoms with E-state index in [1.807, 2.05) is 6.07 Å². The number of methoxy groups -OCH3 is 2. The Morgan fingerprint density at radius 2 is 1.94 bits per heavy atom.